The average Bonchev–Trinajstić information content (AvgIpc) is 2.41. The molecule has 0 radical (unpaired) electrons. The third-order valence-corrected chi connectivity index (χ3v) is 3.67. The van der Waals surface area contributed by atoms with Gasteiger partial charge in [0.05, 0.1) is 16.1 Å². The minimum absolute atomic E-state index is 0.0706. The van der Waals surface area contributed by atoms with Crippen molar-refractivity contribution in [3.63, 3.8) is 0 Å². The first kappa shape index (κ1) is 17.5. The molecule has 1 aromatic rings. The summed E-state index contributed by atoms with van der Waals surface area (Å²) in [6.45, 7) is 2.48. The zero-order valence-electron chi connectivity index (χ0n) is 11.6. The first-order valence-corrected chi connectivity index (χ1v) is 7.18. The minimum Gasteiger partial charge on any atom is -0.359 e. The normalized spacial score (nSPS) is 12.3. The highest BCUT2D eigenvalue weighted by atomic mass is 35.5. The van der Waals surface area contributed by atoms with Crippen LogP contribution in [0.15, 0.2) is 18.2 Å². The third-order valence-electron chi connectivity index (χ3n) is 2.67. The molecule has 1 atom stereocenters. The molecule has 0 bridgehead atoms. The number of rotatable bonds is 6. The van der Waals surface area contributed by atoms with Gasteiger partial charge in [-0.05, 0) is 36.8 Å². The van der Waals surface area contributed by atoms with Gasteiger partial charge in [0.1, 0.15) is 0 Å². The molecule has 0 aliphatic rings. The Bertz CT molecular complexity index is 456. The van der Waals surface area contributed by atoms with Crippen LogP contribution in [0, 0.1) is 0 Å². The van der Waals surface area contributed by atoms with E-state index in [1.807, 2.05) is 13.0 Å². The van der Waals surface area contributed by atoms with Crippen LogP contribution in [-0.4, -0.2) is 31.7 Å². The molecule has 112 valence electrons. The van der Waals surface area contributed by atoms with E-state index in [1.54, 1.807) is 26.4 Å². The number of hydrogen-bond acceptors (Lipinski definition) is 3. The van der Waals surface area contributed by atoms with Crippen LogP contribution in [0.25, 0.3) is 0 Å². The van der Waals surface area contributed by atoms with Gasteiger partial charge >= 0.3 is 0 Å². The van der Waals surface area contributed by atoms with Gasteiger partial charge in [0.15, 0.2) is 11.4 Å². The Kier molecular flexibility index (Phi) is 7.55. The van der Waals surface area contributed by atoms with Crippen LogP contribution in [0.1, 0.15) is 12.5 Å². The lowest BCUT2D eigenvalue weighted by molar-refractivity contribution is -0.116. The van der Waals surface area contributed by atoms with Crippen molar-refractivity contribution in [2.75, 3.05) is 14.2 Å². The maximum atomic E-state index is 5.95. The highest BCUT2D eigenvalue weighted by Gasteiger charge is 2.16. The smallest absolute Gasteiger partial charge is 0.176 e. The van der Waals surface area contributed by atoms with Crippen molar-refractivity contribution in [3.05, 3.63) is 33.8 Å². The molecule has 0 amide bonds. The number of nitrogens with one attached hydrogen (secondary N) is 2. The lowest BCUT2D eigenvalue weighted by atomic mass is 10.2. The third kappa shape index (κ3) is 5.42. The molecule has 7 heteroatoms. The Hall–Kier alpha value is -0.590. The van der Waals surface area contributed by atoms with Gasteiger partial charge in [0.25, 0.3) is 0 Å². The lowest BCUT2D eigenvalue weighted by Gasteiger charge is -2.23. The second-order valence-corrected chi connectivity index (χ2v) is 5.43. The molecule has 1 aromatic carbocycles. The van der Waals surface area contributed by atoms with Crippen molar-refractivity contribution < 1.29 is 9.47 Å². The molecule has 0 heterocycles. The molecule has 4 nitrogen and oxygen atoms in total. The highest BCUT2D eigenvalue weighted by molar-refractivity contribution is 7.80. The maximum Gasteiger partial charge on any atom is 0.176 e. The predicted octanol–water partition coefficient (Wildman–Crippen LogP) is 2.96. The van der Waals surface area contributed by atoms with Crippen molar-refractivity contribution in [3.8, 4) is 0 Å². The van der Waals surface area contributed by atoms with Gasteiger partial charge in [-0.3, -0.25) is 0 Å². The van der Waals surface area contributed by atoms with E-state index < -0.39 is 0 Å². The molecule has 0 aliphatic heterocycles. The van der Waals surface area contributed by atoms with Gasteiger partial charge in [-0.25, -0.2) is 0 Å². The standard InChI is InChI=1S/C13H18Cl2N2O2S/c1-8(12(18-2)19-3)17-13(20)16-7-9-4-5-10(14)11(15)6-9/h4-6,8,12H,7H2,1-3H3,(H2,16,17,20). The summed E-state index contributed by atoms with van der Waals surface area (Å²) in [5.74, 6) is 0. The van der Waals surface area contributed by atoms with Crippen LogP contribution in [-0.2, 0) is 16.0 Å². The van der Waals surface area contributed by atoms with E-state index in [9.17, 15) is 0 Å². The molecule has 20 heavy (non-hydrogen) atoms. The number of halogens is 2. The summed E-state index contributed by atoms with van der Waals surface area (Å²) < 4.78 is 10.3. The number of benzene rings is 1. The number of thiocarbonyl (C=S) groups is 1. The van der Waals surface area contributed by atoms with E-state index in [0.29, 0.717) is 21.7 Å². The summed E-state index contributed by atoms with van der Waals surface area (Å²) in [6.07, 6.45) is -0.361. The van der Waals surface area contributed by atoms with Crippen LogP contribution in [0.4, 0.5) is 0 Å². The van der Waals surface area contributed by atoms with Gasteiger partial charge in [-0.1, -0.05) is 29.3 Å². The molecular weight excluding hydrogens is 319 g/mol. The van der Waals surface area contributed by atoms with Crippen molar-refractivity contribution in [2.24, 2.45) is 0 Å². The maximum absolute atomic E-state index is 5.95. The van der Waals surface area contributed by atoms with Crippen LogP contribution < -0.4 is 10.6 Å². The van der Waals surface area contributed by atoms with Crippen LogP contribution in [0.2, 0.25) is 10.0 Å². The fourth-order valence-corrected chi connectivity index (χ4v) is 2.24. The summed E-state index contributed by atoms with van der Waals surface area (Å²) in [4.78, 5) is 0. The average molecular weight is 337 g/mol. The molecule has 1 rings (SSSR count). The summed E-state index contributed by atoms with van der Waals surface area (Å²) in [6, 6.07) is 5.38. The SMILES string of the molecule is COC(OC)C(C)NC(=S)NCc1ccc(Cl)c(Cl)c1. The van der Waals surface area contributed by atoms with E-state index in [0.717, 1.165) is 5.56 Å². The van der Waals surface area contributed by atoms with Gasteiger partial charge in [0, 0.05) is 20.8 Å². The van der Waals surface area contributed by atoms with Gasteiger partial charge in [0.2, 0.25) is 0 Å². The van der Waals surface area contributed by atoms with Crippen molar-refractivity contribution in [1.82, 2.24) is 10.6 Å². The second-order valence-electron chi connectivity index (χ2n) is 4.20. The molecule has 0 saturated carbocycles. The Morgan fingerprint density at radius 1 is 1.25 bits per heavy atom. The molecule has 0 fully saturated rings. The van der Waals surface area contributed by atoms with E-state index in [2.05, 4.69) is 10.6 Å². The van der Waals surface area contributed by atoms with Crippen molar-refractivity contribution in [2.45, 2.75) is 25.8 Å². The van der Waals surface area contributed by atoms with E-state index in [4.69, 9.17) is 44.9 Å². The molecular formula is C13H18Cl2N2O2S. The Labute approximate surface area is 134 Å². The van der Waals surface area contributed by atoms with Crippen LogP contribution in [0.3, 0.4) is 0 Å². The van der Waals surface area contributed by atoms with Crippen LogP contribution in [0.5, 0.6) is 0 Å². The number of ether oxygens (including phenoxy) is 2. The first-order valence-electron chi connectivity index (χ1n) is 6.01. The topological polar surface area (TPSA) is 42.5 Å². The quantitative estimate of drug-likeness (QED) is 0.617. The van der Waals surface area contributed by atoms with E-state index in [1.165, 1.54) is 0 Å². The Morgan fingerprint density at radius 2 is 1.90 bits per heavy atom. The molecule has 0 aromatic heterocycles. The largest absolute Gasteiger partial charge is 0.359 e. The highest BCUT2D eigenvalue weighted by Crippen LogP contribution is 2.22. The summed E-state index contributed by atoms with van der Waals surface area (Å²) in [5, 5.41) is 7.75. The minimum atomic E-state index is -0.361. The zero-order chi connectivity index (χ0) is 15.1. The van der Waals surface area contributed by atoms with Crippen molar-refractivity contribution >= 4 is 40.5 Å². The van der Waals surface area contributed by atoms with Gasteiger partial charge in [-0.15, -0.1) is 0 Å². The molecule has 0 aliphatic carbocycles. The van der Waals surface area contributed by atoms with Crippen molar-refractivity contribution in [1.29, 1.82) is 0 Å². The first-order chi connectivity index (χ1) is 9.47. The predicted molar refractivity (Wildman–Crippen MR) is 86.3 cm³/mol. The molecule has 1 unspecified atom stereocenters. The number of hydrogen-bond donors (Lipinski definition) is 2. The lowest BCUT2D eigenvalue weighted by Crippen LogP contribution is -2.46. The fraction of sp³-hybridized carbons (Fsp3) is 0.462. The molecule has 0 spiro atoms. The molecule has 0 saturated heterocycles. The van der Waals surface area contributed by atoms with E-state index in [-0.39, 0.29) is 12.3 Å². The Morgan fingerprint density at radius 3 is 2.45 bits per heavy atom. The monoisotopic (exact) mass is 336 g/mol. The summed E-state index contributed by atoms with van der Waals surface area (Å²) in [7, 11) is 3.16. The summed E-state index contributed by atoms with van der Waals surface area (Å²) >= 11 is 17.0. The van der Waals surface area contributed by atoms with E-state index >= 15 is 0 Å². The van der Waals surface area contributed by atoms with Gasteiger partial charge < -0.3 is 20.1 Å². The number of methoxy groups -OCH3 is 2. The second kappa shape index (κ2) is 8.64. The summed E-state index contributed by atoms with van der Waals surface area (Å²) in [5.41, 5.74) is 0.992. The zero-order valence-corrected chi connectivity index (χ0v) is 13.9. The van der Waals surface area contributed by atoms with Crippen LogP contribution >= 0.6 is 35.4 Å². The molecule has 2 N–H and O–H groups in total. The Balaban J connectivity index is 2.45. The van der Waals surface area contributed by atoms with Gasteiger partial charge in [-0.2, -0.15) is 0 Å². The fourth-order valence-electron chi connectivity index (χ4n) is 1.66.